The Labute approximate surface area is 108 Å². The van der Waals surface area contributed by atoms with Gasteiger partial charge in [-0.3, -0.25) is 4.79 Å². The van der Waals surface area contributed by atoms with Crippen LogP contribution in [-0.4, -0.2) is 5.78 Å². The Morgan fingerprint density at radius 1 is 1.11 bits per heavy atom. The highest BCUT2D eigenvalue weighted by molar-refractivity contribution is 5.94. The van der Waals surface area contributed by atoms with Crippen molar-refractivity contribution in [1.82, 2.24) is 0 Å². The van der Waals surface area contributed by atoms with Gasteiger partial charge in [-0.25, -0.2) is 0 Å². The topological polar surface area (TPSA) is 17.1 Å². The van der Waals surface area contributed by atoms with Gasteiger partial charge in [-0.15, -0.1) is 0 Å². The molecule has 0 fully saturated rings. The van der Waals surface area contributed by atoms with Gasteiger partial charge in [-0.2, -0.15) is 0 Å². The molecule has 0 spiro atoms. The molecule has 0 aliphatic carbocycles. The first kappa shape index (κ1) is 12.6. The standard InChI is InChI=1S/C17H18O/c1-2-3-8-17(18)12-10-14-9-11-15-6-4-5-7-16(15)13-14/h4-7,9-13H,2-3,8H2,1H3/b12-10+. The number of fused-ring (bicyclic) bond motifs is 1. The number of carbonyl (C=O) groups is 1. The first-order valence-corrected chi connectivity index (χ1v) is 6.49. The zero-order valence-electron chi connectivity index (χ0n) is 10.7. The molecule has 2 aromatic rings. The molecule has 1 nitrogen and oxygen atoms in total. The molecule has 0 atom stereocenters. The van der Waals surface area contributed by atoms with Gasteiger partial charge in [0.1, 0.15) is 0 Å². The lowest BCUT2D eigenvalue weighted by Gasteiger charge is -1.99. The maximum Gasteiger partial charge on any atom is 0.155 e. The van der Waals surface area contributed by atoms with Crippen LogP contribution in [-0.2, 0) is 4.79 Å². The highest BCUT2D eigenvalue weighted by atomic mass is 16.1. The second-order valence-electron chi connectivity index (χ2n) is 4.51. The summed E-state index contributed by atoms with van der Waals surface area (Å²) in [6.07, 6.45) is 6.29. The Bertz CT molecular complexity index is 567. The number of benzene rings is 2. The molecule has 1 heteroatoms. The van der Waals surface area contributed by atoms with Crippen molar-refractivity contribution in [1.29, 1.82) is 0 Å². The Kier molecular flexibility index (Phi) is 4.30. The van der Waals surface area contributed by atoms with E-state index >= 15 is 0 Å². The second kappa shape index (κ2) is 6.15. The molecular formula is C17H18O. The monoisotopic (exact) mass is 238 g/mol. The lowest BCUT2D eigenvalue weighted by atomic mass is 10.1. The summed E-state index contributed by atoms with van der Waals surface area (Å²) < 4.78 is 0. The normalized spacial score (nSPS) is 11.2. The van der Waals surface area contributed by atoms with Crippen LogP contribution in [0.2, 0.25) is 0 Å². The zero-order valence-corrected chi connectivity index (χ0v) is 10.7. The zero-order chi connectivity index (χ0) is 12.8. The van der Waals surface area contributed by atoms with Gasteiger partial charge >= 0.3 is 0 Å². The summed E-state index contributed by atoms with van der Waals surface area (Å²) in [6.45, 7) is 2.10. The molecule has 0 bridgehead atoms. The summed E-state index contributed by atoms with van der Waals surface area (Å²) in [4.78, 5) is 11.6. The van der Waals surface area contributed by atoms with E-state index in [0.29, 0.717) is 6.42 Å². The Hall–Kier alpha value is -1.89. The van der Waals surface area contributed by atoms with E-state index in [-0.39, 0.29) is 5.78 Å². The number of allylic oxidation sites excluding steroid dienone is 1. The lowest BCUT2D eigenvalue weighted by Crippen LogP contribution is -1.91. The lowest BCUT2D eigenvalue weighted by molar-refractivity contribution is -0.114. The minimum Gasteiger partial charge on any atom is -0.295 e. The van der Waals surface area contributed by atoms with Crippen molar-refractivity contribution >= 4 is 22.6 Å². The van der Waals surface area contributed by atoms with Crippen molar-refractivity contribution < 1.29 is 4.79 Å². The first-order chi connectivity index (χ1) is 8.79. The van der Waals surface area contributed by atoms with E-state index < -0.39 is 0 Å². The third kappa shape index (κ3) is 3.30. The van der Waals surface area contributed by atoms with Gasteiger partial charge in [0, 0.05) is 6.42 Å². The quantitative estimate of drug-likeness (QED) is 0.695. The maximum atomic E-state index is 11.6. The van der Waals surface area contributed by atoms with Gasteiger partial charge in [0.25, 0.3) is 0 Å². The minimum atomic E-state index is 0.213. The molecule has 2 rings (SSSR count). The van der Waals surface area contributed by atoms with Gasteiger partial charge in [-0.1, -0.05) is 55.8 Å². The molecule has 0 unspecified atom stereocenters. The van der Waals surface area contributed by atoms with E-state index in [1.807, 2.05) is 24.3 Å². The fourth-order valence-corrected chi connectivity index (χ4v) is 1.93. The average Bonchev–Trinajstić information content (AvgIpc) is 2.42. The number of unbranched alkanes of at least 4 members (excludes halogenated alkanes) is 1. The van der Waals surface area contributed by atoms with Crippen LogP contribution in [0.3, 0.4) is 0 Å². The third-order valence-electron chi connectivity index (χ3n) is 3.01. The van der Waals surface area contributed by atoms with E-state index in [9.17, 15) is 4.79 Å². The number of ketones is 1. The van der Waals surface area contributed by atoms with Crippen LogP contribution in [0.4, 0.5) is 0 Å². The second-order valence-corrected chi connectivity index (χ2v) is 4.51. The SMILES string of the molecule is CCCCC(=O)/C=C/c1ccc2ccccc2c1. The van der Waals surface area contributed by atoms with Gasteiger partial charge in [0.15, 0.2) is 5.78 Å². The Balaban J connectivity index is 2.12. The Morgan fingerprint density at radius 2 is 1.89 bits per heavy atom. The third-order valence-corrected chi connectivity index (χ3v) is 3.01. The molecule has 0 radical (unpaired) electrons. The van der Waals surface area contributed by atoms with Crippen molar-refractivity contribution in [3.63, 3.8) is 0 Å². The first-order valence-electron chi connectivity index (χ1n) is 6.49. The summed E-state index contributed by atoms with van der Waals surface area (Å²) in [5.74, 6) is 0.213. The maximum absolute atomic E-state index is 11.6. The summed E-state index contributed by atoms with van der Waals surface area (Å²) in [6, 6.07) is 14.5. The fraction of sp³-hybridized carbons (Fsp3) is 0.235. The summed E-state index contributed by atoms with van der Waals surface area (Å²) in [7, 11) is 0. The van der Waals surface area contributed by atoms with E-state index in [2.05, 4.69) is 31.2 Å². The van der Waals surface area contributed by atoms with Crippen LogP contribution in [0.1, 0.15) is 31.7 Å². The van der Waals surface area contributed by atoms with Crippen LogP contribution in [0.25, 0.3) is 16.8 Å². The predicted molar refractivity (Wildman–Crippen MR) is 77.5 cm³/mol. The number of hydrogen-bond donors (Lipinski definition) is 0. The molecule has 0 heterocycles. The molecular weight excluding hydrogens is 220 g/mol. The van der Waals surface area contributed by atoms with Gasteiger partial charge in [0.2, 0.25) is 0 Å². The minimum absolute atomic E-state index is 0.213. The number of carbonyl (C=O) groups excluding carboxylic acids is 1. The molecule has 0 N–H and O–H groups in total. The van der Waals surface area contributed by atoms with Crippen LogP contribution in [0.15, 0.2) is 48.5 Å². The summed E-state index contributed by atoms with van der Waals surface area (Å²) >= 11 is 0. The predicted octanol–water partition coefficient (Wildman–Crippen LogP) is 4.61. The smallest absolute Gasteiger partial charge is 0.155 e. The fourth-order valence-electron chi connectivity index (χ4n) is 1.93. The summed E-state index contributed by atoms with van der Waals surface area (Å²) in [5.41, 5.74) is 1.08. The van der Waals surface area contributed by atoms with Crippen molar-refractivity contribution in [2.24, 2.45) is 0 Å². The van der Waals surface area contributed by atoms with Crippen molar-refractivity contribution in [3.8, 4) is 0 Å². The molecule has 0 aliphatic heterocycles. The van der Waals surface area contributed by atoms with Crippen LogP contribution >= 0.6 is 0 Å². The van der Waals surface area contributed by atoms with Gasteiger partial charge in [-0.05, 0) is 34.9 Å². The number of hydrogen-bond acceptors (Lipinski definition) is 1. The molecule has 18 heavy (non-hydrogen) atoms. The van der Waals surface area contributed by atoms with E-state index in [1.165, 1.54) is 10.8 Å². The Morgan fingerprint density at radius 3 is 2.67 bits per heavy atom. The van der Waals surface area contributed by atoms with Crippen molar-refractivity contribution in [2.45, 2.75) is 26.2 Å². The largest absolute Gasteiger partial charge is 0.295 e. The average molecular weight is 238 g/mol. The van der Waals surface area contributed by atoms with Crippen LogP contribution in [0, 0.1) is 0 Å². The van der Waals surface area contributed by atoms with E-state index in [0.717, 1.165) is 18.4 Å². The highest BCUT2D eigenvalue weighted by Gasteiger charge is 1.96. The molecule has 2 aromatic carbocycles. The number of rotatable bonds is 5. The molecule has 92 valence electrons. The van der Waals surface area contributed by atoms with Crippen LogP contribution < -0.4 is 0 Å². The molecule has 0 aliphatic rings. The highest BCUT2D eigenvalue weighted by Crippen LogP contribution is 2.16. The van der Waals surface area contributed by atoms with Crippen molar-refractivity contribution in [2.75, 3.05) is 0 Å². The van der Waals surface area contributed by atoms with E-state index in [1.54, 1.807) is 6.08 Å². The van der Waals surface area contributed by atoms with Crippen LogP contribution in [0.5, 0.6) is 0 Å². The molecule has 0 amide bonds. The van der Waals surface area contributed by atoms with Crippen molar-refractivity contribution in [3.05, 3.63) is 54.1 Å². The molecule has 0 aromatic heterocycles. The molecule has 0 saturated heterocycles. The van der Waals surface area contributed by atoms with E-state index in [4.69, 9.17) is 0 Å². The van der Waals surface area contributed by atoms with Gasteiger partial charge in [0.05, 0.1) is 0 Å². The molecule has 0 saturated carbocycles. The van der Waals surface area contributed by atoms with Gasteiger partial charge < -0.3 is 0 Å². The summed E-state index contributed by atoms with van der Waals surface area (Å²) in [5, 5.41) is 2.44.